The fraction of sp³-hybridized carbons (Fsp3) is 0.133. The van der Waals surface area contributed by atoms with Crippen LogP contribution in [-0.2, 0) is 4.79 Å². The molecule has 4 aromatic carbocycles. The molecule has 0 bridgehead atoms. The van der Waals surface area contributed by atoms with Gasteiger partial charge in [0.25, 0.3) is 0 Å². The van der Waals surface area contributed by atoms with Gasteiger partial charge < -0.3 is 0 Å². The first-order valence-corrected chi connectivity index (χ1v) is 16.2. The summed E-state index contributed by atoms with van der Waals surface area (Å²) < 4.78 is 5.22. The van der Waals surface area contributed by atoms with E-state index in [2.05, 4.69) is 51.9 Å². The van der Waals surface area contributed by atoms with Crippen molar-refractivity contribution in [3.63, 3.8) is 0 Å². The van der Waals surface area contributed by atoms with Crippen LogP contribution in [-0.4, -0.2) is 36.0 Å². The number of imide groups is 1. The Kier molecular flexibility index (Phi) is 6.55. The van der Waals surface area contributed by atoms with Gasteiger partial charge in [0.2, 0.25) is 0 Å². The number of halogens is 1. The van der Waals surface area contributed by atoms with Gasteiger partial charge in [-0.05, 0) is 0 Å². The molecule has 0 saturated carbocycles. The standard InChI is InChI=1S/C30H27BrNO3P/c1-35-24-19-17-23(18-20-24)29(33)32-22-21-28(30(32)34)36(31,25-11-5-2-6-12-25,26-13-7-3-8-14-26)27-15-9-4-10-16-27/h2-20,28H,21-22H2,1H3. The van der Waals surface area contributed by atoms with E-state index in [0.29, 0.717) is 24.3 Å². The summed E-state index contributed by atoms with van der Waals surface area (Å²) in [6, 6.07) is 37.6. The quantitative estimate of drug-likeness (QED) is 0.238. The third-order valence-corrected chi connectivity index (χ3v) is 17.9. The number of methoxy groups -OCH3 is 1. The Morgan fingerprint density at radius 2 is 1.22 bits per heavy atom. The molecule has 2 amide bonds. The number of benzene rings is 4. The van der Waals surface area contributed by atoms with E-state index in [4.69, 9.17) is 4.74 Å². The summed E-state index contributed by atoms with van der Waals surface area (Å²) in [4.78, 5) is 29.2. The topological polar surface area (TPSA) is 46.6 Å². The molecule has 1 fully saturated rings. The second kappa shape index (κ2) is 9.65. The molecule has 0 aromatic heterocycles. The van der Waals surface area contributed by atoms with Gasteiger partial charge in [-0.1, -0.05) is 0 Å². The zero-order valence-electron chi connectivity index (χ0n) is 20.0. The van der Waals surface area contributed by atoms with E-state index in [1.54, 1.807) is 31.4 Å². The van der Waals surface area contributed by atoms with E-state index in [-0.39, 0.29) is 11.8 Å². The fourth-order valence-corrected chi connectivity index (χ4v) is 14.0. The molecule has 1 atom stereocenters. The molecular weight excluding hydrogens is 533 g/mol. The Morgan fingerprint density at radius 3 is 1.64 bits per heavy atom. The Hall–Kier alpha value is -3.27. The Morgan fingerprint density at radius 1 is 0.778 bits per heavy atom. The van der Waals surface area contributed by atoms with E-state index < -0.39 is 11.0 Å². The zero-order chi connectivity index (χ0) is 25.2. The molecule has 0 radical (unpaired) electrons. The van der Waals surface area contributed by atoms with Crippen molar-refractivity contribution in [2.75, 3.05) is 13.7 Å². The minimum absolute atomic E-state index is 0.151. The van der Waals surface area contributed by atoms with Crippen molar-refractivity contribution >= 4 is 48.5 Å². The van der Waals surface area contributed by atoms with Crippen molar-refractivity contribution in [1.29, 1.82) is 0 Å². The molecule has 4 aromatic rings. The van der Waals surface area contributed by atoms with Gasteiger partial charge in [-0.15, -0.1) is 0 Å². The molecule has 1 saturated heterocycles. The number of nitrogens with zero attached hydrogens (tertiary/aromatic N) is 1. The average Bonchev–Trinajstić information content (AvgIpc) is 3.35. The van der Waals surface area contributed by atoms with Crippen molar-refractivity contribution in [2.24, 2.45) is 0 Å². The molecule has 0 spiro atoms. The van der Waals surface area contributed by atoms with E-state index in [9.17, 15) is 9.59 Å². The Labute approximate surface area is 219 Å². The first-order chi connectivity index (χ1) is 17.5. The van der Waals surface area contributed by atoms with Gasteiger partial charge in [0, 0.05) is 0 Å². The van der Waals surface area contributed by atoms with Gasteiger partial charge in [-0.25, -0.2) is 0 Å². The maximum atomic E-state index is 14.3. The van der Waals surface area contributed by atoms with Crippen LogP contribution < -0.4 is 20.7 Å². The molecule has 36 heavy (non-hydrogen) atoms. The van der Waals surface area contributed by atoms with E-state index >= 15 is 0 Å². The number of carbonyl (C=O) groups is 2. The maximum absolute atomic E-state index is 14.3. The predicted molar refractivity (Wildman–Crippen MR) is 152 cm³/mol. The summed E-state index contributed by atoms with van der Waals surface area (Å²) in [5, 5.41) is -0.333. The van der Waals surface area contributed by atoms with Crippen LogP contribution >= 0.6 is 20.8 Å². The van der Waals surface area contributed by atoms with Gasteiger partial charge in [-0.3, -0.25) is 0 Å². The fourth-order valence-electron chi connectivity index (χ4n) is 5.35. The molecule has 4 nitrogen and oxygen atoms in total. The van der Waals surface area contributed by atoms with Gasteiger partial charge in [0.1, 0.15) is 0 Å². The molecule has 1 aliphatic rings. The normalized spacial score (nSPS) is 16.8. The molecule has 0 aliphatic carbocycles. The Balaban J connectivity index is 1.69. The summed E-state index contributed by atoms with van der Waals surface area (Å²) >= 11 is 4.39. The van der Waals surface area contributed by atoms with Crippen LogP contribution in [0.1, 0.15) is 16.8 Å². The van der Waals surface area contributed by atoms with Gasteiger partial charge in [0.05, 0.1) is 0 Å². The average molecular weight is 560 g/mol. The predicted octanol–water partition coefficient (Wildman–Crippen LogP) is 5.28. The van der Waals surface area contributed by atoms with Crippen LogP contribution in [0, 0.1) is 0 Å². The van der Waals surface area contributed by atoms with Crippen LogP contribution in [0.3, 0.4) is 0 Å². The SMILES string of the molecule is COc1ccc(C(=O)N2CCC(P(Br)(c3ccccc3)(c3ccccc3)c3ccccc3)C2=O)cc1. The molecule has 0 N–H and O–H groups in total. The van der Waals surface area contributed by atoms with Crippen molar-refractivity contribution in [3.05, 3.63) is 121 Å². The van der Waals surface area contributed by atoms with Crippen molar-refractivity contribution in [1.82, 2.24) is 4.90 Å². The number of hydrogen-bond acceptors (Lipinski definition) is 3. The summed E-state index contributed by atoms with van der Waals surface area (Å²) in [6.07, 6.45) is 0.558. The van der Waals surface area contributed by atoms with Gasteiger partial charge in [0.15, 0.2) is 0 Å². The molecule has 1 unspecified atom stereocenters. The summed E-state index contributed by atoms with van der Waals surface area (Å²) in [6.45, 7) is 0.365. The van der Waals surface area contributed by atoms with E-state index in [1.807, 2.05) is 54.6 Å². The van der Waals surface area contributed by atoms with Crippen LogP contribution in [0.4, 0.5) is 0 Å². The van der Waals surface area contributed by atoms with Crippen LogP contribution in [0.25, 0.3) is 0 Å². The van der Waals surface area contributed by atoms with Crippen LogP contribution in [0.5, 0.6) is 5.75 Å². The second-order valence-electron chi connectivity index (χ2n) is 8.91. The molecule has 1 heterocycles. The zero-order valence-corrected chi connectivity index (χ0v) is 22.4. The monoisotopic (exact) mass is 559 g/mol. The number of ether oxygens (including phenoxy) is 1. The van der Waals surface area contributed by atoms with Crippen molar-refractivity contribution in [2.45, 2.75) is 12.1 Å². The molecule has 5 rings (SSSR count). The van der Waals surface area contributed by atoms with Gasteiger partial charge in [-0.2, -0.15) is 0 Å². The number of amides is 2. The first kappa shape index (κ1) is 24.4. The second-order valence-corrected chi connectivity index (χ2v) is 17.6. The number of hydrogen-bond donors (Lipinski definition) is 0. The third-order valence-electron chi connectivity index (χ3n) is 7.13. The van der Waals surface area contributed by atoms with Crippen molar-refractivity contribution in [3.8, 4) is 5.75 Å². The number of likely N-dealkylation sites (tertiary alicyclic amines) is 1. The first-order valence-electron chi connectivity index (χ1n) is 11.9. The summed E-state index contributed by atoms with van der Waals surface area (Å²) in [7, 11) is 1.58. The number of rotatable bonds is 6. The van der Waals surface area contributed by atoms with E-state index in [1.165, 1.54) is 4.90 Å². The van der Waals surface area contributed by atoms with Gasteiger partial charge >= 0.3 is 220 Å². The van der Waals surface area contributed by atoms with E-state index in [0.717, 1.165) is 15.9 Å². The minimum atomic E-state index is -3.54. The third kappa shape index (κ3) is 3.70. The van der Waals surface area contributed by atoms with Crippen LogP contribution in [0.15, 0.2) is 115 Å². The molecule has 1 aliphatic heterocycles. The Bertz CT molecular complexity index is 1280. The molecule has 6 heteroatoms. The number of carbonyl (C=O) groups excluding carboxylic acids is 2. The molecular formula is C30H27BrNO3P. The van der Waals surface area contributed by atoms with Crippen molar-refractivity contribution < 1.29 is 14.3 Å². The van der Waals surface area contributed by atoms with Crippen LogP contribution in [0.2, 0.25) is 0 Å². The summed E-state index contributed by atoms with van der Waals surface area (Å²) in [5.74, 6) is 0.235. The summed E-state index contributed by atoms with van der Waals surface area (Å²) in [5.41, 5.74) is 0.0317. The molecule has 182 valence electrons.